The van der Waals surface area contributed by atoms with Gasteiger partial charge in [0.15, 0.2) is 0 Å². The standard InChI is InChI=1S/C37H72O14S.CO2/c1-33(2)36(38)8-10-41-12-14-43-16-18-45-20-22-47-24-26-49-28-30-51-32-31-50-29-27-48-25-23-46-21-19-44-17-15-42-13-11-40-9-6-7-37(39)35(5)52-34(3)4;2-1-3/h33-35H,6-32H2,1-5H3;. The van der Waals surface area contributed by atoms with Crippen molar-refractivity contribution in [3.05, 3.63) is 0 Å². The molecular formula is C38H72O16S. The van der Waals surface area contributed by atoms with E-state index in [0.29, 0.717) is 182 Å². The minimum absolute atomic E-state index is 0.0528. The van der Waals surface area contributed by atoms with Crippen LogP contribution in [0.2, 0.25) is 0 Å². The molecule has 0 aliphatic rings. The Bertz CT molecular complexity index is 845. The van der Waals surface area contributed by atoms with Crippen LogP contribution in [-0.4, -0.2) is 187 Å². The van der Waals surface area contributed by atoms with E-state index in [0.717, 1.165) is 6.42 Å². The molecule has 0 aliphatic heterocycles. The van der Waals surface area contributed by atoms with Crippen molar-refractivity contribution in [1.29, 1.82) is 0 Å². The summed E-state index contributed by atoms with van der Waals surface area (Å²) in [5.41, 5.74) is 0. The van der Waals surface area contributed by atoms with Crippen LogP contribution in [0, 0.1) is 5.92 Å². The Morgan fingerprint density at radius 1 is 0.382 bits per heavy atom. The highest BCUT2D eigenvalue weighted by molar-refractivity contribution is 8.01. The maximum atomic E-state index is 12.0. The molecule has 0 saturated heterocycles. The van der Waals surface area contributed by atoms with E-state index in [1.54, 1.807) is 11.8 Å². The normalized spacial score (nSPS) is 11.8. The molecule has 1 unspecified atom stereocenters. The van der Waals surface area contributed by atoms with Gasteiger partial charge in [0.25, 0.3) is 0 Å². The number of thioether (sulfide) groups is 1. The third-order valence-corrected chi connectivity index (χ3v) is 8.09. The molecule has 0 N–H and O–H groups in total. The van der Waals surface area contributed by atoms with Crippen molar-refractivity contribution >= 4 is 29.5 Å². The van der Waals surface area contributed by atoms with Gasteiger partial charge >= 0.3 is 6.15 Å². The maximum Gasteiger partial charge on any atom is 0.373 e. The second kappa shape index (κ2) is 47.0. The van der Waals surface area contributed by atoms with Crippen molar-refractivity contribution in [2.45, 2.75) is 64.4 Å². The van der Waals surface area contributed by atoms with E-state index in [2.05, 4.69) is 13.8 Å². The quantitative estimate of drug-likeness (QED) is 0.0819. The van der Waals surface area contributed by atoms with Gasteiger partial charge in [-0.15, -0.1) is 11.8 Å². The van der Waals surface area contributed by atoms with Crippen molar-refractivity contribution in [2.75, 3.05) is 159 Å². The Morgan fingerprint density at radius 2 is 0.618 bits per heavy atom. The third-order valence-electron chi connectivity index (χ3n) is 6.87. The molecule has 0 bridgehead atoms. The number of hydrogen-bond donors (Lipinski definition) is 0. The lowest BCUT2D eigenvalue weighted by atomic mass is 10.1. The highest BCUT2D eigenvalue weighted by atomic mass is 32.2. The molecule has 0 amide bonds. The minimum Gasteiger partial charge on any atom is -0.379 e. The van der Waals surface area contributed by atoms with Crippen molar-refractivity contribution in [1.82, 2.24) is 0 Å². The zero-order chi connectivity index (χ0) is 40.9. The number of ketones is 2. The van der Waals surface area contributed by atoms with E-state index < -0.39 is 0 Å². The van der Waals surface area contributed by atoms with Crippen LogP contribution in [0.1, 0.15) is 53.9 Å². The lowest BCUT2D eigenvalue weighted by Crippen LogP contribution is -2.16. The van der Waals surface area contributed by atoms with E-state index in [1.807, 2.05) is 20.8 Å². The number of carbonyl (C=O) groups is 2. The van der Waals surface area contributed by atoms with E-state index in [-0.39, 0.29) is 23.1 Å². The highest BCUT2D eigenvalue weighted by Gasteiger charge is 2.14. The van der Waals surface area contributed by atoms with Gasteiger partial charge in [0, 0.05) is 25.4 Å². The second-order valence-corrected chi connectivity index (χ2v) is 14.1. The fourth-order valence-electron chi connectivity index (χ4n) is 4.02. The van der Waals surface area contributed by atoms with Crippen molar-refractivity contribution in [2.24, 2.45) is 5.92 Å². The van der Waals surface area contributed by atoms with Crippen LogP contribution in [-0.2, 0) is 76.0 Å². The summed E-state index contributed by atoms with van der Waals surface area (Å²) in [4.78, 5) is 39.8. The molecule has 55 heavy (non-hydrogen) atoms. The lowest BCUT2D eigenvalue weighted by Gasteiger charge is -2.12. The van der Waals surface area contributed by atoms with Crippen LogP contribution >= 0.6 is 11.8 Å². The minimum atomic E-state index is 0.0528. The number of ether oxygens (including phenoxy) is 12. The molecule has 0 aromatic heterocycles. The zero-order valence-corrected chi connectivity index (χ0v) is 35.1. The first-order valence-corrected chi connectivity index (χ1v) is 20.3. The van der Waals surface area contributed by atoms with Crippen LogP contribution in [0.15, 0.2) is 0 Å². The first-order valence-electron chi connectivity index (χ1n) is 19.4. The molecule has 0 fully saturated rings. The van der Waals surface area contributed by atoms with E-state index in [1.165, 1.54) is 0 Å². The summed E-state index contributed by atoms with van der Waals surface area (Å²) in [7, 11) is 0. The smallest absolute Gasteiger partial charge is 0.373 e. The Morgan fingerprint density at radius 3 is 0.855 bits per heavy atom. The van der Waals surface area contributed by atoms with Crippen molar-refractivity contribution in [3.63, 3.8) is 0 Å². The van der Waals surface area contributed by atoms with Crippen LogP contribution < -0.4 is 0 Å². The highest BCUT2D eigenvalue weighted by Crippen LogP contribution is 2.19. The lowest BCUT2D eigenvalue weighted by molar-refractivity contribution is -0.191. The van der Waals surface area contributed by atoms with Crippen LogP contribution in [0.4, 0.5) is 0 Å². The van der Waals surface area contributed by atoms with Gasteiger partial charge in [-0.05, 0) is 18.6 Å². The van der Waals surface area contributed by atoms with Gasteiger partial charge < -0.3 is 56.8 Å². The summed E-state index contributed by atoms with van der Waals surface area (Å²) >= 11 is 1.71. The Labute approximate surface area is 333 Å². The predicted molar refractivity (Wildman–Crippen MR) is 206 cm³/mol. The molecule has 0 spiro atoms. The fourth-order valence-corrected chi connectivity index (χ4v) is 5.10. The number of carbonyl (C=O) groups excluding carboxylic acids is 4. The SMILES string of the molecule is CC(C)SC(C)C(=O)CCCOCCOCCOCCOCCOCCOCCOCCOCCOCCOCCOCCOCCC(=O)C(C)C.O=C=O. The first-order chi connectivity index (χ1) is 26.8. The van der Waals surface area contributed by atoms with E-state index in [9.17, 15) is 9.59 Å². The molecule has 1 atom stereocenters. The average Bonchev–Trinajstić information content (AvgIpc) is 3.15. The molecule has 0 aliphatic carbocycles. The summed E-state index contributed by atoms with van der Waals surface area (Å²) in [6, 6.07) is 0. The van der Waals surface area contributed by atoms with Crippen molar-refractivity contribution in [3.8, 4) is 0 Å². The molecule has 0 heterocycles. The van der Waals surface area contributed by atoms with Gasteiger partial charge in [-0.1, -0.05) is 27.7 Å². The summed E-state index contributed by atoms with van der Waals surface area (Å²) in [6.45, 7) is 21.9. The van der Waals surface area contributed by atoms with Gasteiger partial charge in [0.2, 0.25) is 0 Å². The molecule has 0 aromatic carbocycles. The van der Waals surface area contributed by atoms with Crippen LogP contribution in [0.25, 0.3) is 0 Å². The van der Waals surface area contributed by atoms with Gasteiger partial charge in [-0.2, -0.15) is 9.59 Å². The summed E-state index contributed by atoms with van der Waals surface area (Å²) in [5, 5.41) is 0.517. The molecular weight excluding hydrogens is 744 g/mol. The molecule has 0 rings (SSSR count). The zero-order valence-electron chi connectivity index (χ0n) is 34.3. The Balaban J connectivity index is 0. The van der Waals surface area contributed by atoms with Gasteiger partial charge in [-0.3, -0.25) is 9.59 Å². The molecule has 0 radical (unpaired) electrons. The Hall–Kier alpha value is -1.41. The van der Waals surface area contributed by atoms with E-state index >= 15 is 0 Å². The Kier molecular flexibility index (Phi) is 47.6. The predicted octanol–water partition coefficient (Wildman–Crippen LogP) is 3.10. The molecule has 0 aromatic rings. The van der Waals surface area contributed by atoms with E-state index in [4.69, 9.17) is 66.4 Å². The largest absolute Gasteiger partial charge is 0.379 e. The molecule has 16 nitrogen and oxygen atoms in total. The van der Waals surface area contributed by atoms with Crippen molar-refractivity contribution < 1.29 is 76.0 Å². The fraction of sp³-hybridized carbons (Fsp3) is 0.921. The number of rotatable bonds is 44. The first kappa shape index (κ1) is 55.7. The van der Waals surface area contributed by atoms with Gasteiger partial charge in [0.05, 0.1) is 157 Å². The number of Topliss-reactive ketones (excluding diaryl/α,β-unsaturated/α-hetero) is 2. The third kappa shape index (κ3) is 48.7. The average molecular weight is 817 g/mol. The monoisotopic (exact) mass is 816 g/mol. The van der Waals surface area contributed by atoms with Gasteiger partial charge in [-0.25, -0.2) is 0 Å². The molecule has 17 heteroatoms. The number of hydrogen-bond acceptors (Lipinski definition) is 17. The van der Waals surface area contributed by atoms with Crippen LogP contribution in [0.3, 0.4) is 0 Å². The summed E-state index contributed by atoms with van der Waals surface area (Å²) in [6.07, 6.45) is 2.01. The second-order valence-electron chi connectivity index (χ2n) is 12.2. The molecule has 0 saturated carbocycles. The maximum absolute atomic E-state index is 12.0. The van der Waals surface area contributed by atoms with Crippen LogP contribution in [0.5, 0.6) is 0 Å². The topological polar surface area (TPSA) is 179 Å². The summed E-state index contributed by atoms with van der Waals surface area (Å²) < 4.78 is 65.7. The van der Waals surface area contributed by atoms with Gasteiger partial charge in [0.1, 0.15) is 11.6 Å². The summed E-state index contributed by atoms with van der Waals surface area (Å²) in [5.74, 6) is 0.565. The molecule has 326 valence electrons.